The van der Waals surface area contributed by atoms with E-state index in [1.165, 1.54) is 0 Å². The third-order valence-electron chi connectivity index (χ3n) is 3.31. The number of anilines is 3. The van der Waals surface area contributed by atoms with Gasteiger partial charge in [-0.3, -0.25) is 5.10 Å². The minimum absolute atomic E-state index is 0.155. The number of fused-ring (bicyclic) bond motifs is 1. The van der Waals surface area contributed by atoms with Gasteiger partial charge in [0.15, 0.2) is 5.82 Å². The van der Waals surface area contributed by atoms with Crippen LogP contribution < -0.4 is 11.1 Å². The second kappa shape index (κ2) is 5.57. The fraction of sp³-hybridized carbons (Fsp3) is 0.0714. The van der Waals surface area contributed by atoms with Gasteiger partial charge in [0.25, 0.3) is 0 Å². The van der Waals surface area contributed by atoms with Crippen molar-refractivity contribution in [2.75, 3.05) is 11.1 Å². The van der Waals surface area contributed by atoms with E-state index in [1.807, 2.05) is 18.2 Å². The van der Waals surface area contributed by atoms with Crippen molar-refractivity contribution in [3.05, 3.63) is 40.8 Å². The lowest BCUT2D eigenvalue weighted by atomic mass is 10.3. The molecule has 0 saturated carbocycles. The van der Waals surface area contributed by atoms with Gasteiger partial charge in [-0.15, -0.1) is 0 Å². The Balaban J connectivity index is 1.96. The van der Waals surface area contributed by atoms with Crippen LogP contribution in [-0.4, -0.2) is 34.7 Å². The minimum atomic E-state index is 0.155. The van der Waals surface area contributed by atoms with Gasteiger partial charge in [-0.1, -0.05) is 15.9 Å². The summed E-state index contributed by atoms with van der Waals surface area (Å²) in [6, 6.07) is 7.57. The smallest absolute Gasteiger partial charge is 0.242 e. The molecule has 3 aromatic heterocycles. The van der Waals surface area contributed by atoms with Crippen LogP contribution in [0.1, 0.15) is 5.82 Å². The number of aryl methyl sites for hydroxylation is 1. The number of aromatic amines is 1. The first-order valence-corrected chi connectivity index (χ1v) is 7.83. The number of nitrogens with zero attached hydrogens (tertiary/aromatic N) is 6. The fourth-order valence-electron chi connectivity index (χ4n) is 2.37. The van der Waals surface area contributed by atoms with Gasteiger partial charge in [0.1, 0.15) is 5.82 Å². The number of nitrogens with one attached hydrogen (secondary N) is 2. The van der Waals surface area contributed by atoms with E-state index in [9.17, 15) is 0 Å². The highest BCUT2D eigenvalue weighted by atomic mass is 79.9. The minimum Gasteiger partial charge on any atom is -0.368 e. The van der Waals surface area contributed by atoms with Gasteiger partial charge in [0.2, 0.25) is 17.8 Å². The first-order valence-electron chi connectivity index (χ1n) is 7.03. The fourth-order valence-corrected chi connectivity index (χ4v) is 2.72. The number of nitrogen functional groups attached to an aromatic ring is 1. The number of halogens is 1. The molecule has 0 unspecified atom stereocenters. The van der Waals surface area contributed by atoms with E-state index in [2.05, 4.69) is 51.4 Å². The topological polar surface area (TPSA) is 123 Å². The first kappa shape index (κ1) is 14.6. The van der Waals surface area contributed by atoms with Crippen LogP contribution in [0.5, 0.6) is 0 Å². The molecular formula is C14H12BrN9. The lowest BCUT2D eigenvalue weighted by molar-refractivity contribution is 0.893. The van der Waals surface area contributed by atoms with Crippen LogP contribution in [0.4, 0.5) is 17.7 Å². The molecule has 0 bridgehead atoms. The van der Waals surface area contributed by atoms with E-state index < -0.39 is 0 Å². The van der Waals surface area contributed by atoms with Crippen LogP contribution in [0.2, 0.25) is 0 Å². The van der Waals surface area contributed by atoms with Gasteiger partial charge in [0.05, 0.1) is 11.0 Å². The first-order chi connectivity index (χ1) is 11.6. The second-order valence-electron chi connectivity index (χ2n) is 5.03. The Morgan fingerprint density at radius 3 is 2.79 bits per heavy atom. The van der Waals surface area contributed by atoms with Crippen molar-refractivity contribution < 1.29 is 0 Å². The number of rotatable bonds is 3. The predicted molar refractivity (Wildman–Crippen MR) is 93.2 cm³/mol. The number of nitrogens with two attached hydrogens (primary N) is 1. The van der Waals surface area contributed by atoms with E-state index in [0.717, 1.165) is 15.5 Å². The summed E-state index contributed by atoms with van der Waals surface area (Å²) in [5.74, 6) is 2.23. The molecule has 3 heterocycles. The Labute approximate surface area is 144 Å². The van der Waals surface area contributed by atoms with Gasteiger partial charge < -0.3 is 11.1 Å². The van der Waals surface area contributed by atoms with Crippen LogP contribution in [0, 0.1) is 6.92 Å². The van der Waals surface area contributed by atoms with E-state index in [1.54, 1.807) is 23.8 Å². The third-order valence-corrected chi connectivity index (χ3v) is 3.80. The highest BCUT2D eigenvalue weighted by Crippen LogP contribution is 2.27. The van der Waals surface area contributed by atoms with Crippen LogP contribution in [0.3, 0.4) is 0 Å². The Morgan fingerprint density at radius 2 is 2.04 bits per heavy atom. The van der Waals surface area contributed by atoms with Crippen molar-refractivity contribution in [2.45, 2.75) is 6.92 Å². The molecule has 0 aliphatic heterocycles. The standard InChI is InChI=1S/C14H12BrN9/c1-7-18-12(16)22-13(19-7)24-10-3-2-8(15)6-9(10)20-14(24)21-11-4-5-17-23-11/h2-6H,1H3,(H2,16,18,19,22)(H2,17,20,21,23). The summed E-state index contributed by atoms with van der Waals surface area (Å²) in [5.41, 5.74) is 7.39. The zero-order chi connectivity index (χ0) is 16.7. The molecular weight excluding hydrogens is 374 g/mol. The van der Waals surface area contributed by atoms with Gasteiger partial charge in [-0.25, -0.2) is 9.55 Å². The number of imidazole rings is 1. The van der Waals surface area contributed by atoms with E-state index in [0.29, 0.717) is 23.5 Å². The summed E-state index contributed by atoms with van der Waals surface area (Å²) in [4.78, 5) is 17.2. The van der Waals surface area contributed by atoms with Crippen LogP contribution in [0.15, 0.2) is 34.9 Å². The predicted octanol–water partition coefficient (Wildman–Crippen LogP) is 2.33. The van der Waals surface area contributed by atoms with Crippen molar-refractivity contribution in [1.29, 1.82) is 0 Å². The molecule has 10 heteroatoms. The zero-order valence-electron chi connectivity index (χ0n) is 12.5. The number of hydrogen-bond acceptors (Lipinski definition) is 7. The second-order valence-corrected chi connectivity index (χ2v) is 5.94. The average Bonchev–Trinajstić information content (AvgIpc) is 3.13. The van der Waals surface area contributed by atoms with Gasteiger partial charge in [-0.2, -0.15) is 20.1 Å². The molecule has 4 rings (SSSR count). The molecule has 1 aromatic carbocycles. The van der Waals surface area contributed by atoms with Crippen LogP contribution >= 0.6 is 15.9 Å². The van der Waals surface area contributed by atoms with Crippen molar-refractivity contribution in [3.63, 3.8) is 0 Å². The number of aromatic nitrogens is 7. The molecule has 0 spiro atoms. The maximum absolute atomic E-state index is 5.78. The maximum atomic E-state index is 5.78. The maximum Gasteiger partial charge on any atom is 0.242 e. The molecule has 0 aliphatic carbocycles. The zero-order valence-corrected chi connectivity index (χ0v) is 14.1. The summed E-state index contributed by atoms with van der Waals surface area (Å²) in [7, 11) is 0. The van der Waals surface area contributed by atoms with Gasteiger partial charge >= 0.3 is 0 Å². The molecule has 4 N–H and O–H groups in total. The van der Waals surface area contributed by atoms with Crippen molar-refractivity contribution >= 4 is 44.7 Å². The van der Waals surface area contributed by atoms with Crippen molar-refractivity contribution in [2.24, 2.45) is 0 Å². The Hall–Kier alpha value is -3.01. The van der Waals surface area contributed by atoms with E-state index in [-0.39, 0.29) is 5.95 Å². The monoisotopic (exact) mass is 385 g/mol. The average molecular weight is 386 g/mol. The molecule has 0 atom stereocenters. The van der Waals surface area contributed by atoms with E-state index >= 15 is 0 Å². The lowest BCUT2D eigenvalue weighted by Crippen LogP contribution is -2.10. The van der Waals surface area contributed by atoms with Crippen LogP contribution in [-0.2, 0) is 0 Å². The third kappa shape index (κ3) is 2.56. The highest BCUT2D eigenvalue weighted by molar-refractivity contribution is 9.10. The molecule has 0 amide bonds. The van der Waals surface area contributed by atoms with Gasteiger partial charge in [-0.05, 0) is 25.1 Å². The molecule has 4 aromatic rings. The molecule has 0 aliphatic rings. The van der Waals surface area contributed by atoms with Crippen molar-refractivity contribution in [3.8, 4) is 5.95 Å². The SMILES string of the molecule is Cc1nc(N)nc(-n2c(Nc3cc[nH]n3)nc3cc(Br)ccc32)n1. The number of benzene rings is 1. The summed E-state index contributed by atoms with van der Waals surface area (Å²) in [6.45, 7) is 1.76. The van der Waals surface area contributed by atoms with E-state index in [4.69, 9.17) is 5.73 Å². The Bertz CT molecular complexity index is 1000. The normalized spacial score (nSPS) is 11.1. The van der Waals surface area contributed by atoms with Crippen LogP contribution in [0.25, 0.3) is 17.0 Å². The van der Waals surface area contributed by atoms with Gasteiger partial charge in [0, 0.05) is 16.7 Å². The number of H-pyrrole nitrogens is 1. The largest absolute Gasteiger partial charge is 0.368 e. The molecule has 0 fully saturated rings. The molecule has 9 nitrogen and oxygen atoms in total. The molecule has 24 heavy (non-hydrogen) atoms. The molecule has 0 saturated heterocycles. The number of hydrogen-bond donors (Lipinski definition) is 3. The summed E-state index contributed by atoms with van der Waals surface area (Å²) >= 11 is 3.46. The summed E-state index contributed by atoms with van der Waals surface area (Å²) in [5, 5.41) is 10.00. The summed E-state index contributed by atoms with van der Waals surface area (Å²) < 4.78 is 2.71. The highest BCUT2D eigenvalue weighted by Gasteiger charge is 2.16. The quantitative estimate of drug-likeness (QED) is 0.494. The summed E-state index contributed by atoms with van der Waals surface area (Å²) in [6.07, 6.45) is 1.72. The molecule has 120 valence electrons. The molecule has 0 radical (unpaired) electrons. The Morgan fingerprint density at radius 1 is 1.17 bits per heavy atom. The Kier molecular flexibility index (Phi) is 3.38. The lowest BCUT2D eigenvalue weighted by Gasteiger charge is -2.08. The van der Waals surface area contributed by atoms with Crippen molar-refractivity contribution in [1.82, 2.24) is 34.7 Å².